The highest BCUT2D eigenvalue weighted by molar-refractivity contribution is 5.85. The summed E-state index contributed by atoms with van der Waals surface area (Å²) >= 11 is 0. The monoisotopic (exact) mass is 229 g/mol. The van der Waals surface area contributed by atoms with Crippen LogP contribution in [0.25, 0.3) is 0 Å². The molecule has 0 unspecified atom stereocenters. The number of nitrogens with one attached hydrogen (secondary N) is 1. The molecule has 0 heterocycles. The number of hydrogen-bond acceptors (Lipinski definition) is 2. The van der Waals surface area contributed by atoms with Crippen molar-refractivity contribution in [3.63, 3.8) is 0 Å². The second-order valence-electron chi connectivity index (χ2n) is 3.84. The van der Waals surface area contributed by atoms with E-state index in [0.717, 1.165) is 18.9 Å². The molecule has 0 bridgehead atoms. The van der Waals surface area contributed by atoms with E-state index in [0.29, 0.717) is 5.92 Å². The van der Waals surface area contributed by atoms with Gasteiger partial charge in [0.2, 0.25) is 0 Å². The lowest BCUT2D eigenvalue weighted by atomic mass is 10.2. The Labute approximate surface area is 98.4 Å². The van der Waals surface area contributed by atoms with Crippen LogP contribution in [0.2, 0.25) is 0 Å². The van der Waals surface area contributed by atoms with E-state index >= 15 is 0 Å². The predicted molar refractivity (Wildman–Crippen MR) is 66.8 cm³/mol. The summed E-state index contributed by atoms with van der Waals surface area (Å²) in [5.74, 6) is 1.56. The molecule has 0 spiro atoms. The maximum atomic E-state index is 5.71. The standard InChI is InChI=1S/C12H19NO.ClH/c1-10(2)9-14-12-7-5-4-6-11(12)8-13-3;/h4-7,10,13H,8-9H2,1-3H3;1H. The summed E-state index contributed by atoms with van der Waals surface area (Å²) in [5, 5.41) is 3.13. The Morgan fingerprint density at radius 1 is 1.27 bits per heavy atom. The zero-order chi connectivity index (χ0) is 10.4. The highest BCUT2D eigenvalue weighted by atomic mass is 35.5. The topological polar surface area (TPSA) is 21.3 Å². The number of hydrogen-bond donors (Lipinski definition) is 1. The van der Waals surface area contributed by atoms with Crippen LogP contribution < -0.4 is 10.1 Å². The minimum Gasteiger partial charge on any atom is -0.493 e. The second kappa shape index (κ2) is 7.55. The lowest BCUT2D eigenvalue weighted by molar-refractivity contribution is 0.268. The van der Waals surface area contributed by atoms with Gasteiger partial charge in [-0.25, -0.2) is 0 Å². The van der Waals surface area contributed by atoms with E-state index in [1.165, 1.54) is 5.56 Å². The predicted octanol–water partition coefficient (Wildman–Crippen LogP) is 2.86. The maximum absolute atomic E-state index is 5.71. The van der Waals surface area contributed by atoms with Crippen molar-refractivity contribution < 1.29 is 4.74 Å². The van der Waals surface area contributed by atoms with Gasteiger partial charge in [0.05, 0.1) is 6.61 Å². The van der Waals surface area contributed by atoms with Crippen LogP contribution in [0.4, 0.5) is 0 Å². The van der Waals surface area contributed by atoms with E-state index in [1.807, 2.05) is 25.2 Å². The van der Waals surface area contributed by atoms with Crippen LogP contribution in [-0.4, -0.2) is 13.7 Å². The fraction of sp³-hybridized carbons (Fsp3) is 0.500. The highest BCUT2D eigenvalue weighted by Gasteiger charge is 2.02. The molecule has 3 heteroatoms. The number of halogens is 1. The van der Waals surface area contributed by atoms with Crippen LogP contribution in [-0.2, 0) is 6.54 Å². The third-order valence-electron chi connectivity index (χ3n) is 1.91. The number of benzene rings is 1. The third-order valence-corrected chi connectivity index (χ3v) is 1.91. The van der Waals surface area contributed by atoms with E-state index in [9.17, 15) is 0 Å². The molecule has 0 radical (unpaired) electrons. The van der Waals surface area contributed by atoms with Gasteiger partial charge in [-0.15, -0.1) is 12.4 Å². The fourth-order valence-corrected chi connectivity index (χ4v) is 1.24. The Morgan fingerprint density at radius 3 is 2.53 bits per heavy atom. The van der Waals surface area contributed by atoms with Crippen molar-refractivity contribution in [3.05, 3.63) is 29.8 Å². The van der Waals surface area contributed by atoms with Gasteiger partial charge in [0.15, 0.2) is 0 Å². The Bertz CT molecular complexity index is 276. The molecular weight excluding hydrogens is 210 g/mol. The van der Waals surface area contributed by atoms with Crippen molar-refractivity contribution in [2.75, 3.05) is 13.7 Å². The van der Waals surface area contributed by atoms with Crippen LogP contribution in [0.5, 0.6) is 5.75 Å². The van der Waals surface area contributed by atoms with Gasteiger partial charge < -0.3 is 10.1 Å². The number of ether oxygens (including phenoxy) is 1. The minimum absolute atomic E-state index is 0. The summed E-state index contributed by atoms with van der Waals surface area (Å²) in [6.07, 6.45) is 0. The smallest absolute Gasteiger partial charge is 0.123 e. The molecule has 0 aliphatic carbocycles. The molecule has 0 fully saturated rings. The van der Waals surface area contributed by atoms with Gasteiger partial charge in [-0.1, -0.05) is 32.0 Å². The summed E-state index contributed by atoms with van der Waals surface area (Å²) in [6.45, 7) is 5.94. The van der Waals surface area contributed by atoms with Gasteiger partial charge in [0.1, 0.15) is 5.75 Å². The van der Waals surface area contributed by atoms with Crippen molar-refractivity contribution in [2.45, 2.75) is 20.4 Å². The van der Waals surface area contributed by atoms with E-state index in [1.54, 1.807) is 0 Å². The molecule has 0 aliphatic rings. The number of para-hydroxylation sites is 1. The van der Waals surface area contributed by atoms with E-state index in [4.69, 9.17) is 4.74 Å². The van der Waals surface area contributed by atoms with E-state index in [-0.39, 0.29) is 12.4 Å². The summed E-state index contributed by atoms with van der Waals surface area (Å²) in [5.41, 5.74) is 1.22. The van der Waals surface area contributed by atoms with Crippen molar-refractivity contribution in [1.29, 1.82) is 0 Å². The van der Waals surface area contributed by atoms with Crippen molar-refractivity contribution in [3.8, 4) is 5.75 Å². The molecule has 1 aromatic carbocycles. The molecule has 15 heavy (non-hydrogen) atoms. The van der Waals surface area contributed by atoms with Crippen molar-refractivity contribution in [1.82, 2.24) is 5.32 Å². The Kier molecular flexibility index (Phi) is 7.18. The normalized spacial score (nSPS) is 9.87. The van der Waals surface area contributed by atoms with Crippen LogP contribution >= 0.6 is 12.4 Å². The first-order chi connectivity index (χ1) is 6.74. The molecule has 0 saturated heterocycles. The van der Waals surface area contributed by atoms with Crippen LogP contribution in [0.15, 0.2) is 24.3 Å². The van der Waals surface area contributed by atoms with Crippen LogP contribution in [0, 0.1) is 5.92 Å². The Balaban J connectivity index is 0.00000196. The van der Waals surface area contributed by atoms with Crippen LogP contribution in [0.1, 0.15) is 19.4 Å². The zero-order valence-corrected chi connectivity index (χ0v) is 10.4. The average molecular weight is 230 g/mol. The molecule has 1 N–H and O–H groups in total. The molecule has 0 aliphatic heterocycles. The molecule has 86 valence electrons. The first-order valence-corrected chi connectivity index (χ1v) is 5.09. The van der Waals surface area contributed by atoms with Crippen molar-refractivity contribution >= 4 is 12.4 Å². The van der Waals surface area contributed by atoms with E-state index in [2.05, 4.69) is 25.2 Å². The summed E-state index contributed by atoms with van der Waals surface area (Å²) < 4.78 is 5.71. The number of rotatable bonds is 5. The molecule has 0 aromatic heterocycles. The van der Waals surface area contributed by atoms with Gasteiger partial charge in [0.25, 0.3) is 0 Å². The largest absolute Gasteiger partial charge is 0.493 e. The molecular formula is C12H20ClNO. The SMILES string of the molecule is CNCc1ccccc1OCC(C)C.Cl. The first-order valence-electron chi connectivity index (χ1n) is 5.09. The lowest BCUT2D eigenvalue weighted by Crippen LogP contribution is -2.10. The van der Waals surface area contributed by atoms with Gasteiger partial charge in [-0.3, -0.25) is 0 Å². The summed E-state index contributed by atoms with van der Waals surface area (Å²) in [6, 6.07) is 8.16. The lowest BCUT2D eigenvalue weighted by Gasteiger charge is -2.12. The van der Waals surface area contributed by atoms with Crippen LogP contribution in [0.3, 0.4) is 0 Å². The fourth-order valence-electron chi connectivity index (χ4n) is 1.24. The van der Waals surface area contributed by atoms with Crippen molar-refractivity contribution in [2.24, 2.45) is 5.92 Å². The maximum Gasteiger partial charge on any atom is 0.123 e. The Morgan fingerprint density at radius 2 is 1.93 bits per heavy atom. The highest BCUT2D eigenvalue weighted by Crippen LogP contribution is 2.18. The molecule has 0 amide bonds. The van der Waals surface area contributed by atoms with Gasteiger partial charge in [-0.05, 0) is 19.0 Å². The molecule has 0 atom stereocenters. The zero-order valence-electron chi connectivity index (χ0n) is 9.62. The van der Waals surface area contributed by atoms with Gasteiger partial charge in [-0.2, -0.15) is 0 Å². The van der Waals surface area contributed by atoms with E-state index < -0.39 is 0 Å². The first kappa shape index (κ1) is 14.3. The Hall–Kier alpha value is -0.730. The third kappa shape index (κ3) is 5.05. The summed E-state index contributed by atoms with van der Waals surface area (Å²) in [4.78, 5) is 0. The quantitative estimate of drug-likeness (QED) is 0.839. The summed E-state index contributed by atoms with van der Waals surface area (Å²) in [7, 11) is 1.94. The molecule has 2 nitrogen and oxygen atoms in total. The minimum atomic E-state index is 0. The second-order valence-corrected chi connectivity index (χ2v) is 3.84. The molecule has 0 saturated carbocycles. The molecule has 1 rings (SSSR count). The van der Waals surface area contributed by atoms with Gasteiger partial charge in [0, 0.05) is 12.1 Å². The average Bonchev–Trinajstić information content (AvgIpc) is 2.17. The van der Waals surface area contributed by atoms with Gasteiger partial charge >= 0.3 is 0 Å². The molecule has 1 aromatic rings.